The van der Waals surface area contributed by atoms with Crippen LogP contribution in [0.3, 0.4) is 0 Å². The van der Waals surface area contributed by atoms with Crippen molar-refractivity contribution in [1.29, 1.82) is 0 Å². The lowest BCUT2D eigenvalue weighted by atomic mass is 10.1. The molecule has 2 aromatic rings. The largest absolute Gasteiger partial charge is 0.381 e. The summed E-state index contributed by atoms with van der Waals surface area (Å²) in [5, 5.41) is 0. The number of nitrogen functional groups attached to an aromatic ring is 1. The Labute approximate surface area is 89.2 Å². The molecule has 0 fully saturated rings. The van der Waals surface area contributed by atoms with Crippen molar-refractivity contribution in [3.05, 3.63) is 24.3 Å². The molecule has 80 valence electrons. The first-order valence-electron chi connectivity index (χ1n) is 5.25. The van der Waals surface area contributed by atoms with E-state index in [0.29, 0.717) is 11.7 Å². The number of aryl methyl sites for hydroxylation is 1. The van der Waals surface area contributed by atoms with E-state index in [1.165, 1.54) is 5.69 Å². The molecule has 4 heteroatoms. The first-order chi connectivity index (χ1) is 7.18. The van der Waals surface area contributed by atoms with Crippen LogP contribution in [0.4, 0.5) is 5.82 Å². The Hall–Kier alpha value is -1.58. The van der Waals surface area contributed by atoms with Gasteiger partial charge in [-0.1, -0.05) is 13.8 Å². The summed E-state index contributed by atoms with van der Waals surface area (Å²) in [6.45, 7) is 4.44. The van der Waals surface area contributed by atoms with Gasteiger partial charge < -0.3 is 5.73 Å². The van der Waals surface area contributed by atoms with Crippen LogP contribution < -0.4 is 5.73 Å². The van der Waals surface area contributed by atoms with Crippen molar-refractivity contribution in [2.45, 2.75) is 26.7 Å². The molecule has 0 radical (unpaired) electrons. The van der Waals surface area contributed by atoms with E-state index in [1.807, 2.05) is 16.8 Å². The summed E-state index contributed by atoms with van der Waals surface area (Å²) in [5.74, 6) is 1.20. The van der Waals surface area contributed by atoms with Gasteiger partial charge in [0, 0.05) is 24.3 Å². The van der Waals surface area contributed by atoms with Crippen LogP contribution in [0.2, 0.25) is 0 Å². The van der Waals surface area contributed by atoms with Crippen LogP contribution in [0.5, 0.6) is 0 Å². The van der Waals surface area contributed by atoms with Crippen molar-refractivity contribution in [2.24, 2.45) is 5.92 Å². The highest BCUT2D eigenvalue weighted by molar-refractivity contribution is 5.59. The quantitative estimate of drug-likeness (QED) is 0.830. The van der Waals surface area contributed by atoms with E-state index in [9.17, 15) is 0 Å². The van der Waals surface area contributed by atoms with Gasteiger partial charge in [0.05, 0.1) is 0 Å². The normalized spacial score (nSPS) is 11.4. The van der Waals surface area contributed by atoms with E-state index in [4.69, 9.17) is 5.73 Å². The van der Waals surface area contributed by atoms with E-state index >= 15 is 0 Å². The smallest absolute Gasteiger partial charge is 0.180 e. The third kappa shape index (κ3) is 1.93. The fourth-order valence-electron chi connectivity index (χ4n) is 1.61. The molecule has 2 N–H and O–H groups in total. The highest BCUT2D eigenvalue weighted by Crippen LogP contribution is 2.14. The summed E-state index contributed by atoms with van der Waals surface area (Å²) in [6.07, 6.45) is 7.70. The minimum atomic E-state index is 0.494. The van der Waals surface area contributed by atoms with E-state index in [1.54, 1.807) is 6.20 Å². The van der Waals surface area contributed by atoms with Crippen molar-refractivity contribution in [3.63, 3.8) is 0 Å². The predicted molar refractivity (Wildman–Crippen MR) is 60.6 cm³/mol. The molecule has 15 heavy (non-hydrogen) atoms. The molecule has 4 nitrogen and oxygen atoms in total. The van der Waals surface area contributed by atoms with Crippen LogP contribution in [0.15, 0.2) is 18.6 Å². The first kappa shape index (κ1) is 9.96. The minimum Gasteiger partial charge on any atom is -0.381 e. The van der Waals surface area contributed by atoms with E-state index in [-0.39, 0.29) is 0 Å². The fourth-order valence-corrected chi connectivity index (χ4v) is 1.61. The van der Waals surface area contributed by atoms with Gasteiger partial charge in [0.15, 0.2) is 11.5 Å². The molecule has 0 spiro atoms. The summed E-state index contributed by atoms with van der Waals surface area (Å²) < 4.78 is 2.02. The maximum absolute atomic E-state index is 5.73. The van der Waals surface area contributed by atoms with Gasteiger partial charge in [-0.3, -0.25) is 4.40 Å². The summed E-state index contributed by atoms with van der Waals surface area (Å²) in [5.41, 5.74) is 7.69. The fraction of sp³-hybridized carbons (Fsp3) is 0.455. The molecule has 0 aliphatic heterocycles. The average Bonchev–Trinajstić information content (AvgIpc) is 2.59. The van der Waals surface area contributed by atoms with Gasteiger partial charge in [0.25, 0.3) is 0 Å². The Balaban J connectivity index is 2.33. The number of nitrogens with zero attached hydrogens (tertiary/aromatic N) is 3. The third-order valence-electron chi connectivity index (χ3n) is 2.51. The molecule has 2 aromatic heterocycles. The molecule has 0 atom stereocenters. The summed E-state index contributed by atoms with van der Waals surface area (Å²) in [7, 11) is 0. The van der Waals surface area contributed by atoms with E-state index in [2.05, 4.69) is 23.8 Å². The first-order valence-corrected chi connectivity index (χ1v) is 5.25. The minimum absolute atomic E-state index is 0.494. The zero-order chi connectivity index (χ0) is 10.8. The predicted octanol–water partition coefficient (Wildman–Crippen LogP) is 1.90. The summed E-state index contributed by atoms with van der Waals surface area (Å²) >= 11 is 0. The molecule has 2 heterocycles. The number of rotatable bonds is 3. The zero-order valence-electron chi connectivity index (χ0n) is 9.14. The number of anilines is 1. The summed E-state index contributed by atoms with van der Waals surface area (Å²) in [4.78, 5) is 8.28. The number of nitrogens with two attached hydrogens (primary N) is 1. The van der Waals surface area contributed by atoms with Gasteiger partial charge in [-0.25, -0.2) is 9.97 Å². The van der Waals surface area contributed by atoms with Crippen molar-refractivity contribution < 1.29 is 0 Å². The van der Waals surface area contributed by atoms with Crippen molar-refractivity contribution in [3.8, 4) is 0 Å². The third-order valence-corrected chi connectivity index (χ3v) is 2.51. The molecule has 0 aromatic carbocycles. The average molecular weight is 204 g/mol. The van der Waals surface area contributed by atoms with Crippen LogP contribution in [0.25, 0.3) is 5.65 Å². The molecule has 0 bridgehead atoms. The second-order valence-electron chi connectivity index (χ2n) is 4.19. The Kier molecular flexibility index (Phi) is 2.58. The molecule has 0 unspecified atom stereocenters. The summed E-state index contributed by atoms with van der Waals surface area (Å²) in [6, 6.07) is 0. The number of hydrogen-bond acceptors (Lipinski definition) is 3. The molecular weight excluding hydrogens is 188 g/mol. The maximum atomic E-state index is 5.73. The van der Waals surface area contributed by atoms with Crippen LogP contribution in [-0.4, -0.2) is 14.4 Å². The number of aromatic nitrogens is 3. The standard InChI is InChI=1S/C11H16N4/c1-8(2)3-4-9-7-14-11-10(12)13-5-6-15(9)11/h5-8H,3-4H2,1-2H3,(H2,12,13). The van der Waals surface area contributed by atoms with E-state index in [0.717, 1.165) is 18.5 Å². The Morgan fingerprint density at radius 1 is 1.40 bits per heavy atom. The Morgan fingerprint density at radius 2 is 2.20 bits per heavy atom. The van der Waals surface area contributed by atoms with Crippen LogP contribution in [0.1, 0.15) is 26.0 Å². The molecule has 0 saturated heterocycles. The molecule has 0 aliphatic carbocycles. The van der Waals surface area contributed by atoms with Crippen LogP contribution >= 0.6 is 0 Å². The highest BCUT2D eigenvalue weighted by atomic mass is 15.1. The molecule has 0 aliphatic rings. The molecule has 2 rings (SSSR count). The monoisotopic (exact) mass is 204 g/mol. The van der Waals surface area contributed by atoms with E-state index < -0.39 is 0 Å². The number of fused-ring (bicyclic) bond motifs is 1. The van der Waals surface area contributed by atoms with Crippen LogP contribution in [-0.2, 0) is 6.42 Å². The van der Waals surface area contributed by atoms with Gasteiger partial charge >= 0.3 is 0 Å². The van der Waals surface area contributed by atoms with Gasteiger partial charge in [-0.05, 0) is 18.8 Å². The highest BCUT2D eigenvalue weighted by Gasteiger charge is 2.06. The van der Waals surface area contributed by atoms with Crippen molar-refractivity contribution in [1.82, 2.24) is 14.4 Å². The lowest BCUT2D eigenvalue weighted by Gasteiger charge is -2.04. The van der Waals surface area contributed by atoms with Crippen molar-refractivity contribution in [2.75, 3.05) is 5.73 Å². The topological polar surface area (TPSA) is 56.2 Å². The number of hydrogen-bond donors (Lipinski definition) is 1. The zero-order valence-corrected chi connectivity index (χ0v) is 9.14. The van der Waals surface area contributed by atoms with Crippen molar-refractivity contribution >= 4 is 11.5 Å². The molecule has 0 saturated carbocycles. The lowest BCUT2D eigenvalue weighted by molar-refractivity contribution is 0.580. The maximum Gasteiger partial charge on any atom is 0.180 e. The Bertz CT molecular complexity index is 459. The van der Waals surface area contributed by atoms with Gasteiger partial charge in [-0.2, -0.15) is 0 Å². The Morgan fingerprint density at radius 3 is 2.93 bits per heavy atom. The van der Waals surface area contributed by atoms with Crippen LogP contribution in [0, 0.1) is 5.92 Å². The van der Waals surface area contributed by atoms with Gasteiger partial charge in [0.1, 0.15) is 0 Å². The number of imidazole rings is 1. The lowest BCUT2D eigenvalue weighted by Crippen LogP contribution is -1.99. The molecular formula is C11H16N4. The second-order valence-corrected chi connectivity index (χ2v) is 4.19. The van der Waals surface area contributed by atoms with Gasteiger partial charge in [-0.15, -0.1) is 0 Å². The molecule has 0 amide bonds. The second kappa shape index (κ2) is 3.88. The van der Waals surface area contributed by atoms with Gasteiger partial charge in [0.2, 0.25) is 0 Å². The SMILES string of the molecule is CC(C)CCc1cnc2c(N)nccn12.